The number of benzene rings is 1. The summed E-state index contributed by atoms with van der Waals surface area (Å²) in [5, 5.41) is 2.97. The molecule has 0 saturated heterocycles. The number of hydrogen-bond acceptors (Lipinski definition) is 4. The number of ether oxygens (including phenoxy) is 1. The Morgan fingerprint density at radius 3 is 2.78 bits per heavy atom. The van der Waals surface area contributed by atoms with Crippen molar-refractivity contribution in [3.8, 4) is 0 Å². The molecule has 0 aliphatic heterocycles. The van der Waals surface area contributed by atoms with Crippen molar-refractivity contribution >= 4 is 16.9 Å². The minimum absolute atomic E-state index is 0.207. The molecule has 0 saturated carbocycles. The number of aromatic nitrogens is 2. The summed E-state index contributed by atoms with van der Waals surface area (Å²) in [5.74, 6) is 0.606. The second-order valence-electron chi connectivity index (χ2n) is 3.64. The first kappa shape index (κ1) is 12.6. The van der Waals surface area contributed by atoms with Gasteiger partial charge in [0.05, 0.1) is 23.8 Å². The number of nitrogens with zero attached hydrogens (tertiary/aromatic N) is 2. The lowest BCUT2D eigenvalue weighted by atomic mass is 10.3. The summed E-state index contributed by atoms with van der Waals surface area (Å²) in [7, 11) is 0. The van der Waals surface area contributed by atoms with Gasteiger partial charge in [-0.25, -0.2) is 13.8 Å². The van der Waals surface area contributed by atoms with Crippen LogP contribution in [0.4, 0.5) is 14.6 Å². The molecule has 1 aromatic carbocycles. The van der Waals surface area contributed by atoms with E-state index < -0.39 is 13.0 Å². The van der Waals surface area contributed by atoms with Gasteiger partial charge in [0.15, 0.2) is 0 Å². The molecule has 0 bridgehead atoms. The maximum Gasteiger partial charge on any atom is 0.261 e. The van der Waals surface area contributed by atoms with Gasteiger partial charge in [0, 0.05) is 6.54 Å². The molecule has 6 heteroatoms. The van der Waals surface area contributed by atoms with Crippen LogP contribution in [0.25, 0.3) is 11.0 Å². The Morgan fingerprint density at radius 2 is 2.00 bits per heavy atom. The molecular formula is C12H13F2N3O. The molecular weight excluding hydrogens is 240 g/mol. The number of alkyl halides is 2. The largest absolute Gasteiger partial charge is 0.374 e. The molecule has 0 amide bonds. The van der Waals surface area contributed by atoms with E-state index in [2.05, 4.69) is 15.3 Å². The molecule has 0 spiro atoms. The normalized spacial score (nSPS) is 11.1. The lowest BCUT2D eigenvalue weighted by Crippen LogP contribution is -2.13. The number of rotatable bonds is 6. The van der Waals surface area contributed by atoms with Crippen molar-refractivity contribution < 1.29 is 13.5 Å². The minimum atomic E-state index is -2.43. The molecule has 0 atom stereocenters. The fraction of sp³-hybridized carbons (Fsp3) is 0.333. The molecule has 0 aliphatic carbocycles. The van der Waals surface area contributed by atoms with E-state index in [0.717, 1.165) is 11.0 Å². The van der Waals surface area contributed by atoms with Gasteiger partial charge in [0.1, 0.15) is 12.4 Å². The highest BCUT2D eigenvalue weighted by atomic mass is 19.3. The van der Waals surface area contributed by atoms with Crippen LogP contribution in [-0.4, -0.2) is 36.2 Å². The summed E-state index contributed by atoms with van der Waals surface area (Å²) in [6, 6.07) is 7.51. The van der Waals surface area contributed by atoms with Gasteiger partial charge in [-0.15, -0.1) is 0 Å². The van der Waals surface area contributed by atoms with Crippen molar-refractivity contribution in [3.05, 3.63) is 30.5 Å². The third kappa shape index (κ3) is 3.59. The maximum absolute atomic E-state index is 11.8. The molecule has 0 unspecified atom stereocenters. The second-order valence-corrected chi connectivity index (χ2v) is 3.64. The van der Waals surface area contributed by atoms with Crippen molar-refractivity contribution in [2.24, 2.45) is 0 Å². The first-order valence-electron chi connectivity index (χ1n) is 5.57. The summed E-state index contributed by atoms with van der Waals surface area (Å²) in [5.41, 5.74) is 1.60. The zero-order valence-corrected chi connectivity index (χ0v) is 9.64. The summed E-state index contributed by atoms with van der Waals surface area (Å²) in [6.45, 7) is 0.0870. The number of para-hydroxylation sites is 2. The van der Waals surface area contributed by atoms with E-state index in [1.165, 1.54) is 0 Å². The molecule has 0 fully saturated rings. The Labute approximate surface area is 103 Å². The predicted octanol–water partition coefficient (Wildman–Crippen LogP) is 2.32. The van der Waals surface area contributed by atoms with Crippen LogP contribution in [0.3, 0.4) is 0 Å². The van der Waals surface area contributed by atoms with Crippen molar-refractivity contribution in [2.45, 2.75) is 6.43 Å². The molecule has 2 aromatic rings. The van der Waals surface area contributed by atoms with Crippen LogP contribution in [0.5, 0.6) is 0 Å². The predicted molar refractivity (Wildman–Crippen MR) is 64.9 cm³/mol. The Balaban J connectivity index is 1.84. The first-order chi connectivity index (χ1) is 8.75. The fourth-order valence-corrected chi connectivity index (χ4v) is 1.47. The van der Waals surface area contributed by atoms with Crippen molar-refractivity contribution in [1.82, 2.24) is 9.97 Å². The lowest BCUT2D eigenvalue weighted by molar-refractivity contribution is 0.0215. The van der Waals surface area contributed by atoms with Crippen LogP contribution in [0.1, 0.15) is 0 Å². The van der Waals surface area contributed by atoms with Gasteiger partial charge in [-0.05, 0) is 12.1 Å². The van der Waals surface area contributed by atoms with E-state index >= 15 is 0 Å². The highest BCUT2D eigenvalue weighted by Gasteiger charge is 2.01. The zero-order chi connectivity index (χ0) is 12.8. The SMILES string of the molecule is FC(F)COCCNc1cnc2ccccc2n1. The van der Waals surface area contributed by atoms with Gasteiger partial charge >= 0.3 is 0 Å². The van der Waals surface area contributed by atoms with Gasteiger partial charge in [-0.3, -0.25) is 4.98 Å². The average Bonchev–Trinajstić information content (AvgIpc) is 2.38. The Bertz CT molecular complexity index is 507. The van der Waals surface area contributed by atoms with Crippen LogP contribution < -0.4 is 5.32 Å². The topological polar surface area (TPSA) is 47.0 Å². The van der Waals surface area contributed by atoms with Crippen LogP contribution in [-0.2, 0) is 4.74 Å². The van der Waals surface area contributed by atoms with Crippen LogP contribution in [0.15, 0.2) is 30.5 Å². The van der Waals surface area contributed by atoms with Crippen molar-refractivity contribution in [3.63, 3.8) is 0 Å². The zero-order valence-electron chi connectivity index (χ0n) is 9.64. The van der Waals surface area contributed by atoms with Gasteiger partial charge in [-0.2, -0.15) is 0 Å². The molecule has 4 nitrogen and oxygen atoms in total. The van der Waals surface area contributed by atoms with E-state index in [1.54, 1.807) is 6.20 Å². The minimum Gasteiger partial charge on any atom is -0.374 e. The third-order valence-electron chi connectivity index (χ3n) is 2.24. The molecule has 18 heavy (non-hydrogen) atoms. The molecule has 2 rings (SSSR count). The molecule has 0 aliphatic rings. The Morgan fingerprint density at radius 1 is 1.22 bits per heavy atom. The first-order valence-corrected chi connectivity index (χ1v) is 5.57. The number of nitrogens with one attached hydrogen (secondary N) is 1. The third-order valence-corrected chi connectivity index (χ3v) is 2.24. The van der Waals surface area contributed by atoms with Crippen molar-refractivity contribution in [2.75, 3.05) is 25.1 Å². The Kier molecular flexibility index (Phi) is 4.35. The van der Waals surface area contributed by atoms with Crippen LogP contribution in [0.2, 0.25) is 0 Å². The summed E-state index contributed by atoms with van der Waals surface area (Å²) < 4.78 is 28.3. The molecule has 0 radical (unpaired) electrons. The highest BCUT2D eigenvalue weighted by Crippen LogP contribution is 2.10. The van der Waals surface area contributed by atoms with E-state index in [4.69, 9.17) is 4.74 Å². The van der Waals surface area contributed by atoms with Gasteiger partial charge in [0.25, 0.3) is 6.43 Å². The molecule has 1 heterocycles. The van der Waals surface area contributed by atoms with Crippen LogP contribution in [0, 0.1) is 0 Å². The summed E-state index contributed by atoms with van der Waals surface area (Å²) >= 11 is 0. The number of anilines is 1. The van der Waals surface area contributed by atoms with Crippen molar-refractivity contribution in [1.29, 1.82) is 0 Å². The van der Waals surface area contributed by atoms with E-state index in [1.807, 2.05) is 24.3 Å². The Hall–Kier alpha value is -1.82. The van der Waals surface area contributed by atoms with Crippen LogP contribution >= 0.6 is 0 Å². The van der Waals surface area contributed by atoms with Gasteiger partial charge < -0.3 is 10.1 Å². The van der Waals surface area contributed by atoms with E-state index in [0.29, 0.717) is 12.4 Å². The molecule has 1 N–H and O–H groups in total. The van der Waals surface area contributed by atoms with E-state index in [-0.39, 0.29) is 6.61 Å². The van der Waals surface area contributed by atoms with Gasteiger partial charge in [-0.1, -0.05) is 12.1 Å². The molecule has 96 valence electrons. The second kappa shape index (κ2) is 6.20. The summed E-state index contributed by atoms with van der Waals surface area (Å²) in [4.78, 5) is 8.55. The van der Waals surface area contributed by atoms with Gasteiger partial charge in [0.2, 0.25) is 0 Å². The maximum atomic E-state index is 11.8. The number of fused-ring (bicyclic) bond motifs is 1. The van der Waals surface area contributed by atoms with E-state index in [9.17, 15) is 8.78 Å². The average molecular weight is 253 g/mol. The summed E-state index contributed by atoms with van der Waals surface area (Å²) in [6.07, 6.45) is -0.819. The monoisotopic (exact) mass is 253 g/mol. The number of halogens is 2. The molecule has 1 aromatic heterocycles. The standard InChI is InChI=1S/C12H13F2N3O/c13-11(14)8-18-6-5-15-12-7-16-9-3-1-2-4-10(9)17-12/h1-4,7,11H,5-6,8H2,(H,15,17). The quantitative estimate of drug-likeness (QED) is 0.802. The lowest BCUT2D eigenvalue weighted by Gasteiger charge is -2.06. The highest BCUT2D eigenvalue weighted by molar-refractivity contribution is 5.75. The number of hydrogen-bond donors (Lipinski definition) is 1. The smallest absolute Gasteiger partial charge is 0.261 e. The fourth-order valence-electron chi connectivity index (χ4n) is 1.47.